The van der Waals surface area contributed by atoms with Gasteiger partial charge in [0.1, 0.15) is 17.4 Å². The van der Waals surface area contributed by atoms with Gasteiger partial charge in [-0.2, -0.15) is 0 Å². The SMILES string of the molecule is C=CCN(C(=O)[C@H]1[C@H]2C(=O)N(CCCCCCO)C(C(=O)N(CC=C)C(C)CCC)C23CC(Br)[C@@H]1O3)c1ccc(OCC)cc1. The summed E-state index contributed by atoms with van der Waals surface area (Å²) in [5.74, 6) is -1.40. The minimum atomic E-state index is -1.12. The second-order valence-electron chi connectivity index (χ2n) is 12.4. The van der Waals surface area contributed by atoms with Gasteiger partial charge in [-0.25, -0.2) is 0 Å². The van der Waals surface area contributed by atoms with Crippen molar-refractivity contribution >= 4 is 39.3 Å². The number of unbranched alkanes of at least 4 members (excludes halogenated alkanes) is 3. The van der Waals surface area contributed by atoms with E-state index in [1.807, 2.05) is 43.0 Å². The van der Waals surface area contributed by atoms with Crippen LogP contribution in [0.1, 0.15) is 65.7 Å². The summed E-state index contributed by atoms with van der Waals surface area (Å²) in [6.07, 6.45) is 8.10. The zero-order valence-electron chi connectivity index (χ0n) is 27.0. The maximum absolute atomic E-state index is 14.6. The van der Waals surface area contributed by atoms with Crippen LogP contribution in [0.3, 0.4) is 0 Å². The molecule has 4 unspecified atom stereocenters. The minimum Gasteiger partial charge on any atom is -0.494 e. The molecular formula is C35H50BrN3O6. The molecule has 0 radical (unpaired) electrons. The van der Waals surface area contributed by atoms with Crippen LogP contribution in [0.25, 0.3) is 0 Å². The Bertz CT molecular complexity index is 1210. The lowest BCUT2D eigenvalue weighted by Gasteiger charge is -2.39. The van der Waals surface area contributed by atoms with Gasteiger partial charge in [-0.15, -0.1) is 13.2 Å². The number of likely N-dealkylation sites (tertiary alicyclic amines) is 1. The van der Waals surface area contributed by atoms with Crippen LogP contribution in [0, 0.1) is 11.8 Å². The summed E-state index contributed by atoms with van der Waals surface area (Å²) in [5, 5.41) is 9.24. The van der Waals surface area contributed by atoms with E-state index in [2.05, 4.69) is 36.0 Å². The third-order valence-corrected chi connectivity index (χ3v) is 10.3. The van der Waals surface area contributed by atoms with E-state index >= 15 is 0 Å². The maximum Gasteiger partial charge on any atom is 0.248 e. The van der Waals surface area contributed by atoms with Crippen LogP contribution in [0.15, 0.2) is 49.6 Å². The lowest BCUT2D eigenvalue weighted by Crippen LogP contribution is -2.58. The molecule has 10 heteroatoms. The average molecular weight is 689 g/mol. The van der Waals surface area contributed by atoms with E-state index in [0.29, 0.717) is 50.4 Å². The zero-order chi connectivity index (χ0) is 32.7. The Morgan fingerprint density at radius 1 is 1.13 bits per heavy atom. The molecule has 1 aromatic rings. The summed E-state index contributed by atoms with van der Waals surface area (Å²) in [6, 6.07) is 6.45. The Balaban J connectivity index is 1.73. The van der Waals surface area contributed by atoms with Crippen molar-refractivity contribution < 1.29 is 29.0 Å². The number of ether oxygens (including phenoxy) is 2. The molecule has 3 heterocycles. The van der Waals surface area contributed by atoms with Crippen LogP contribution in [0.2, 0.25) is 0 Å². The molecule has 3 saturated heterocycles. The Hall–Kier alpha value is -2.69. The first kappa shape index (κ1) is 35.2. The predicted octanol–water partition coefficient (Wildman–Crippen LogP) is 5.11. The Kier molecular flexibility index (Phi) is 12.3. The molecule has 0 saturated carbocycles. The van der Waals surface area contributed by atoms with Crippen molar-refractivity contribution in [3.8, 4) is 5.75 Å². The zero-order valence-corrected chi connectivity index (χ0v) is 28.6. The van der Waals surface area contributed by atoms with Gasteiger partial charge in [0.15, 0.2) is 0 Å². The highest BCUT2D eigenvalue weighted by molar-refractivity contribution is 9.09. The quantitative estimate of drug-likeness (QED) is 0.131. The fourth-order valence-corrected chi connectivity index (χ4v) is 8.50. The highest BCUT2D eigenvalue weighted by Crippen LogP contribution is 2.60. The number of rotatable bonds is 18. The number of amides is 3. The molecule has 3 aliphatic rings. The molecule has 0 aliphatic carbocycles. The topological polar surface area (TPSA) is 99.6 Å². The van der Waals surface area contributed by atoms with Gasteiger partial charge in [-0.3, -0.25) is 14.4 Å². The fraction of sp³-hybridized carbons (Fsp3) is 0.629. The first-order chi connectivity index (χ1) is 21.7. The van der Waals surface area contributed by atoms with Crippen LogP contribution in [0.5, 0.6) is 5.75 Å². The minimum absolute atomic E-state index is 0.0454. The van der Waals surface area contributed by atoms with Gasteiger partial charge >= 0.3 is 0 Å². The van der Waals surface area contributed by atoms with Crippen molar-refractivity contribution in [1.82, 2.24) is 9.80 Å². The molecule has 3 aliphatic heterocycles. The number of aliphatic hydroxyl groups excluding tert-OH is 1. The van der Waals surface area contributed by atoms with Crippen molar-refractivity contribution in [2.75, 3.05) is 37.7 Å². The summed E-state index contributed by atoms with van der Waals surface area (Å²) < 4.78 is 12.4. The summed E-state index contributed by atoms with van der Waals surface area (Å²) in [6.45, 7) is 15.5. The van der Waals surface area contributed by atoms with Crippen LogP contribution in [-0.2, 0) is 19.1 Å². The van der Waals surface area contributed by atoms with Gasteiger partial charge in [0.05, 0.1) is 24.5 Å². The number of anilines is 1. The molecule has 1 aromatic carbocycles. The summed E-state index contributed by atoms with van der Waals surface area (Å²) in [7, 11) is 0. The van der Waals surface area contributed by atoms with Crippen LogP contribution in [0.4, 0.5) is 5.69 Å². The predicted molar refractivity (Wildman–Crippen MR) is 179 cm³/mol. The maximum atomic E-state index is 14.6. The molecule has 4 rings (SSSR count). The number of alkyl halides is 1. The average Bonchev–Trinajstić information content (AvgIpc) is 3.62. The van der Waals surface area contributed by atoms with Crippen molar-refractivity contribution in [3.05, 3.63) is 49.6 Å². The Morgan fingerprint density at radius 3 is 2.44 bits per heavy atom. The first-order valence-corrected chi connectivity index (χ1v) is 17.4. The first-order valence-electron chi connectivity index (χ1n) is 16.5. The number of carbonyl (C=O) groups excluding carboxylic acids is 3. The monoisotopic (exact) mass is 687 g/mol. The van der Waals surface area contributed by atoms with Crippen molar-refractivity contribution in [3.63, 3.8) is 0 Å². The van der Waals surface area contributed by atoms with E-state index in [0.717, 1.165) is 25.7 Å². The van der Waals surface area contributed by atoms with E-state index in [4.69, 9.17) is 9.47 Å². The van der Waals surface area contributed by atoms with Gasteiger partial charge in [-0.1, -0.05) is 54.3 Å². The van der Waals surface area contributed by atoms with Gasteiger partial charge in [0.25, 0.3) is 0 Å². The third kappa shape index (κ3) is 6.88. The number of aliphatic hydroxyl groups is 1. The second-order valence-corrected chi connectivity index (χ2v) is 13.6. The van der Waals surface area contributed by atoms with Crippen molar-refractivity contribution in [2.45, 2.75) is 94.3 Å². The lowest BCUT2D eigenvalue weighted by atomic mass is 9.70. The Labute approximate surface area is 276 Å². The summed E-state index contributed by atoms with van der Waals surface area (Å²) in [4.78, 5) is 48.7. The van der Waals surface area contributed by atoms with Crippen LogP contribution < -0.4 is 9.64 Å². The van der Waals surface area contributed by atoms with E-state index < -0.39 is 29.6 Å². The molecule has 7 atom stereocenters. The second kappa shape index (κ2) is 15.7. The molecule has 3 fully saturated rings. The number of hydrogen-bond acceptors (Lipinski definition) is 6. The number of nitrogens with zero attached hydrogens (tertiary/aromatic N) is 3. The van der Waals surface area contributed by atoms with Gasteiger partial charge in [0, 0.05) is 42.8 Å². The molecule has 45 heavy (non-hydrogen) atoms. The van der Waals surface area contributed by atoms with E-state index in [9.17, 15) is 19.5 Å². The number of halogens is 1. The van der Waals surface area contributed by atoms with Crippen molar-refractivity contribution in [1.29, 1.82) is 0 Å². The molecule has 2 bridgehead atoms. The molecule has 3 amide bonds. The van der Waals surface area contributed by atoms with Gasteiger partial charge in [-0.05, 0) is 63.8 Å². The molecule has 1 spiro atoms. The molecule has 0 aromatic heterocycles. The number of fused-ring (bicyclic) bond motifs is 1. The summed E-state index contributed by atoms with van der Waals surface area (Å²) >= 11 is 3.80. The van der Waals surface area contributed by atoms with E-state index in [1.165, 1.54) is 0 Å². The number of carbonyl (C=O) groups is 3. The highest BCUT2D eigenvalue weighted by atomic mass is 79.9. The van der Waals surface area contributed by atoms with Crippen LogP contribution in [-0.4, -0.2) is 94.1 Å². The normalized spacial score (nSPS) is 27.3. The van der Waals surface area contributed by atoms with Crippen LogP contribution >= 0.6 is 15.9 Å². The molecule has 1 N–H and O–H groups in total. The van der Waals surface area contributed by atoms with E-state index in [-0.39, 0.29) is 41.7 Å². The van der Waals surface area contributed by atoms with Gasteiger partial charge in [0.2, 0.25) is 17.7 Å². The lowest BCUT2D eigenvalue weighted by molar-refractivity contribution is -0.149. The largest absolute Gasteiger partial charge is 0.494 e. The molecular weight excluding hydrogens is 638 g/mol. The van der Waals surface area contributed by atoms with Crippen molar-refractivity contribution in [2.24, 2.45) is 11.8 Å². The molecule has 9 nitrogen and oxygen atoms in total. The number of hydrogen-bond donors (Lipinski definition) is 1. The standard InChI is InChI=1S/C35H50BrN3O6/c1-6-14-24(5)37(19-7-2)34(43)31-35-23-27(36)30(45-35)28(29(35)33(42)39(31)21-12-10-11-13-22-40)32(41)38(20-8-3)25-15-17-26(18-16-25)44-9-4/h7-8,15-18,24,27-31,40H,2-3,6,9-14,19-23H2,1,4-5H3/t24?,27?,28-,29-,30-,31?,35?/m0/s1. The Morgan fingerprint density at radius 2 is 1.82 bits per heavy atom. The van der Waals surface area contributed by atoms with E-state index in [1.54, 1.807) is 22.0 Å². The van der Waals surface area contributed by atoms with Gasteiger partial charge < -0.3 is 29.3 Å². The smallest absolute Gasteiger partial charge is 0.248 e. The fourth-order valence-electron chi connectivity index (χ4n) is 7.56. The number of benzene rings is 1. The third-order valence-electron chi connectivity index (χ3n) is 9.50. The molecule has 248 valence electrons. The highest BCUT2D eigenvalue weighted by Gasteiger charge is 2.77. The summed E-state index contributed by atoms with van der Waals surface area (Å²) in [5.41, 5.74) is -0.446.